The van der Waals surface area contributed by atoms with Crippen LogP contribution in [0.15, 0.2) is 30.5 Å². The van der Waals surface area contributed by atoms with E-state index in [1.54, 1.807) is 7.05 Å². The molecule has 0 atom stereocenters. The summed E-state index contributed by atoms with van der Waals surface area (Å²) >= 11 is 0. The maximum Gasteiger partial charge on any atom is 0.224 e. The first-order chi connectivity index (χ1) is 9.79. The van der Waals surface area contributed by atoms with Gasteiger partial charge in [0.05, 0.1) is 6.20 Å². The van der Waals surface area contributed by atoms with Crippen LogP contribution < -0.4 is 10.2 Å². The minimum Gasteiger partial charge on any atom is -0.357 e. The molecule has 1 aliphatic heterocycles. The van der Waals surface area contributed by atoms with E-state index in [2.05, 4.69) is 21.4 Å². The van der Waals surface area contributed by atoms with Gasteiger partial charge in [-0.2, -0.15) is 4.98 Å². The molecule has 104 valence electrons. The highest BCUT2D eigenvalue weighted by Crippen LogP contribution is 2.32. The van der Waals surface area contributed by atoms with E-state index in [0.29, 0.717) is 11.8 Å². The van der Waals surface area contributed by atoms with Crippen LogP contribution in [0.5, 0.6) is 0 Å². The van der Waals surface area contributed by atoms with Crippen molar-refractivity contribution < 1.29 is 4.39 Å². The fourth-order valence-electron chi connectivity index (χ4n) is 2.58. The Morgan fingerprint density at radius 3 is 2.95 bits per heavy atom. The fourth-order valence-corrected chi connectivity index (χ4v) is 2.58. The zero-order valence-corrected chi connectivity index (χ0v) is 11.4. The van der Waals surface area contributed by atoms with Crippen LogP contribution >= 0.6 is 0 Å². The molecule has 20 heavy (non-hydrogen) atoms. The predicted octanol–water partition coefficient (Wildman–Crippen LogP) is 3.13. The molecule has 0 fully saturated rings. The Kier molecular flexibility index (Phi) is 3.50. The number of nitrogens with zero attached hydrogens (tertiary/aromatic N) is 3. The number of hydrogen-bond acceptors (Lipinski definition) is 4. The van der Waals surface area contributed by atoms with Gasteiger partial charge in [-0.25, -0.2) is 9.37 Å². The van der Waals surface area contributed by atoms with E-state index in [0.717, 1.165) is 31.5 Å². The summed E-state index contributed by atoms with van der Waals surface area (Å²) in [6.45, 7) is 0.772. The average molecular weight is 272 g/mol. The number of benzene rings is 1. The smallest absolute Gasteiger partial charge is 0.224 e. The maximum atomic E-state index is 14.1. The van der Waals surface area contributed by atoms with Gasteiger partial charge in [-0.15, -0.1) is 0 Å². The van der Waals surface area contributed by atoms with Crippen molar-refractivity contribution in [1.29, 1.82) is 0 Å². The molecule has 1 N–H and O–H groups in total. The summed E-state index contributed by atoms with van der Waals surface area (Å²) in [6.07, 6.45) is 4.38. The molecule has 0 radical (unpaired) electrons. The second kappa shape index (κ2) is 5.45. The Morgan fingerprint density at radius 2 is 2.10 bits per heavy atom. The predicted molar refractivity (Wildman–Crippen MR) is 77.9 cm³/mol. The van der Waals surface area contributed by atoms with Crippen molar-refractivity contribution >= 4 is 17.5 Å². The summed E-state index contributed by atoms with van der Waals surface area (Å²) in [5, 5.41) is 2.86. The van der Waals surface area contributed by atoms with Crippen molar-refractivity contribution in [2.45, 2.75) is 19.3 Å². The Bertz CT molecular complexity index is 615. The first kappa shape index (κ1) is 12.8. The third kappa shape index (κ3) is 2.31. The van der Waals surface area contributed by atoms with Gasteiger partial charge in [-0.3, -0.25) is 0 Å². The van der Waals surface area contributed by atoms with Crippen LogP contribution in [0, 0.1) is 5.82 Å². The molecule has 0 saturated carbocycles. The number of fused-ring (bicyclic) bond motifs is 1. The molecule has 1 aromatic carbocycles. The van der Waals surface area contributed by atoms with Crippen LogP contribution in [0.1, 0.15) is 18.4 Å². The second-order valence-corrected chi connectivity index (χ2v) is 4.85. The summed E-state index contributed by atoms with van der Waals surface area (Å²) in [5.41, 5.74) is 2.29. The van der Waals surface area contributed by atoms with Crippen LogP contribution in [0.4, 0.5) is 21.8 Å². The monoisotopic (exact) mass is 272 g/mol. The van der Waals surface area contributed by atoms with Crippen molar-refractivity contribution in [3.63, 3.8) is 0 Å². The lowest BCUT2D eigenvalue weighted by molar-refractivity contribution is 0.609. The number of aromatic nitrogens is 2. The Morgan fingerprint density at radius 1 is 1.25 bits per heavy atom. The lowest BCUT2D eigenvalue weighted by Crippen LogP contribution is -2.21. The van der Waals surface area contributed by atoms with E-state index >= 15 is 0 Å². The van der Waals surface area contributed by atoms with Gasteiger partial charge < -0.3 is 10.2 Å². The minimum absolute atomic E-state index is 0.346. The highest BCUT2D eigenvalue weighted by atomic mass is 19.1. The highest BCUT2D eigenvalue weighted by Gasteiger charge is 2.21. The average Bonchev–Trinajstić information content (AvgIpc) is 2.70. The molecular formula is C15H17FN4. The molecule has 0 spiro atoms. The third-order valence-corrected chi connectivity index (χ3v) is 3.57. The normalized spacial score (nSPS) is 14.6. The summed E-state index contributed by atoms with van der Waals surface area (Å²) in [7, 11) is 1.73. The number of nitrogens with one attached hydrogen (secondary N) is 1. The molecule has 0 bridgehead atoms. The Balaban J connectivity index is 2.09. The topological polar surface area (TPSA) is 41.1 Å². The molecule has 4 nitrogen and oxygen atoms in total. The van der Waals surface area contributed by atoms with Crippen molar-refractivity contribution in [3.8, 4) is 0 Å². The van der Waals surface area contributed by atoms with Crippen LogP contribution in [-0.4, -0.2) is 23.6 Å². The molecule has 0 saturated heterocycles. The number of anilines is 3. The third-order valence-electron chi connectivity index (χ3n) is 3.57. The molecule has 3 rings (SSSR count). The van der Waals surface area contributed by atoms with Crippen molar-refractivity contribution in [3.05, 3.63) is 41.8 Å². The van der Waals surface area contributed by atoms with Crippen molar-refractivity contribution in [1.82, 2.24) is 9.97 Å². The number of aryl methyl sites for hydroxylation is 1. The number of para-hydroxylation sites is 1. The lowest BCUT2D eigenvalue weighted by atomic mass is 10.1. The van der Waals surface area contributed by atoms with Crippen molar-refractivity contribution in [2.75, 3.05) is 23.8 Å². The fraction of sp³-hybridized carbons (Fsp3) is 0.333. The van der Waals surface area contributed by atoms with E-state index in [1.807, 2.05) is 23.1 Å². The zero-order chi connectivity index (χ0) is 13.9. The first-order valence-corrected chi connectivity index (χ1v) is 6.85. The van der Waals surface area contributed by atoms with Gasteiger partial charge in [0, 0.05) is 19.3 Å². The van der Waals surface area contributed by atoms with Gasteiger partial charge in [-0.05, 0) is 30.9 Å². The Labute approximate surface area is 117 Å². The van der Waals surface area contributed by atoms with E-state index in [1.165, 1.54) is 11.8 Å². The van der Waals surface area contributed by atoms with Crippen LogP contribution in [0.25, 0.3) is 0 Å². The first-order valence-electron chi connectivity index (χ1n) is 6.85. The molecule has 2 aromatic rings. The minimum atomic E-state index is -0.388. The van der Waals surface area contributed by atoms with Gasteiger partial charge in [-0.1, -0.05) is 18.2 Å². The van der Waals surface area contributed by atoms with Crippen molar-refractivity contribution in [2.24, 2.45) is 0 Å². The maximum absolute atomic E-state index is 14.1. The quantitative estimate of drug-likeness (QED) is 0.912. The molecule has 0 amide bonds. The van der Waals surface area contributed by atoms with E-state index in [4.69, 9.17) is 0 Å². The molecule has 1 aliphatic rings. The van der Waals surface area contributed by atoms with Crippen LogP contribution in [0.2, 0.25) is 0 Å². The van der Waals surface area contributed by atoms with Gasteiger partial charge in [0.15, 0.2) is 11.6 Å². The molecule has 0 aliphatic carbocycles. The molecular weight excluding hydrogens is 255 g/mol. The van der Waals surface area contributed by atoms with E-state index < -0.39 is 0 Å². The highest BCUT2D eigenvalue weighted by molar-refractivity contribution is 5.65. The summed E-state index contributed by atoms with van der Waals surface area (Å²) < 4.78 is 14.1. The van der Waals surface area contributed by atoms with Crippen LogP contribution in [0.3, 0.4) is 0 Å². The van der Waals surface area contributed by atoms with Crippen LogP contribution in [-0.2, 0) is 6.42 Å². The second-order valence-electron chi connectivity index (χ2n) is 4.85. The molecule has 0 unspecified atom stereocenters. The summed E-state index contributed by atoms with van der Waals surface area (Å²) in [5.74, 6) is 0.391. The Hall–Kier alpha value is -2.17. The van der Waals surface area contributed by atoms with Gasteiger partial charge in [0.1, 0.15) is 0 Å². The van der Waals surface area contributed by atoms with E-state index in [-0.39, 0.29) is 5.82 Å². The summed E-state index contributed by atoms with van der Waals surface area (Å²) in [6, 6.07) is 8.14. The zero-order valence-electron chi connectivity index (χ0n) is 11.4. The number of halogens is 1. The van der Waals surface area contributed by atoms with Gasteiger partial charge in [0.2, 0.25) is 5.95 Å². The largest absolute Gasteiger partial charge is 0.357 e. The molecule has 2 heterocycles. The SMILES string of the molecule is CNc1ncc(F)c(N2CCCCc3ccccc32)n1. The van der Waals surface area contributed by atoms with E-state index in [9.17, 15) is 4.39 Å². The number of hydrogen-bond donors (Lipinski definition) is 1. The lowest BCUT2D eigenvalue weighted by Gasteiger charge is -2.24. The standard InChI is InChI=1S/C15H17FN4/c1-17-15-18-10-12(16)14(19-15)20-9-5-4-7-11-6-2-3-8-13(11)20/h2-3,6,8,10H,4-5,7,9H2,1H3,(H,17,18,19). The summed E-state index contributed by atoms with van der Waals surface area (Å²) in [4.78, 5) is 10.1. The van der Waals surface area contributed by atoms with Gasteiger partial charge in [0.25, 0.3) is 0 Å². The van der Waals surface area contributed by atoms with Gasteiger partial charge >= 0.3 is 0 Å². The number of rotatable bonds is 2. The molecule has 1 aromatic heterocycles. The molecule has 5 heteroatoms.